The minimum atomic E-state index is 0.231. The van der Waals surface area contributed by atoms with Gasteiger partial charge in [-0.1, -0.05) is 6.92 Å². The predicted octanol–water partition coefficient (Wildman–Crippen LogP) is 1.48. The lowest BCUT2D eigenvalue weighted by atomic mass is 9.87. The minimum absolute atomic E-state index is 0.231. The molecule has 0 aromatic heterocycles. The molecular weight excluding hydrogens is 230 g/mol. The smallest absolute Gasteiger partial charge is 0.0444 e. The molecule has 17 heavy (non-hydrogen) atoms. The Balaban J connectivity index is 2.52. The van der Waals surface area contributed by atoms with E-state index in [1.54, 1.807) is 0 Å². The molecule has 1 aliphatic heterocycles. The van der Waals surface area contributed by atoms with E-state index in [2.05, 4.69) is 49.6 Å². The Bertz CT molecular complexity index is 223. The van der Waals surface area contributed by atoms with Crippen LogP contribution < -0.4 is 5.73 Å². The van der Waals surface area contributed by atoms with Crippen LogP contribution in [0.25, 0.3) is 0 Å². The molecule has 2 unspecified atom stereocenters. The highest BCUT2D eigenvalue weighted by molar-refractivity contribution is 8.00. The summed E-state index contributed by atoms with van der Waals surface area (Å²) in [7, 11) is 6.53. The summed E-state index contributed by atoms with van der Waals surface area (Å²) in [5, 5.41) is 0.658. The van der Waals surface area contributed by atoms with Crippen molar-refractivity contribution in [3.05, 3.63) is 0 Å². The average molecular weight is 259 g/mol. The maximum Gasteiger partial charge on any atom is 0.0444 e. The summed E-state index contributed by atoms with van der Waals surface area (Å²) < 4.78 is 0. The van der Waals surface area contributed by atoms with Crippen molar-refractivity contribution in [2.75, 3.05) is 46.5 Å². The monoisotopic (exact) mass is 259 g/mol. The Hall–Kier alpha value is 0.230. The van der Waals surface area contributed by atoms with Crippen LogP contribution in [-0.2, 0) is 0 Å². The van der Waals surface area contributed by atoms with Gasteiger partial charge in [0.25, 0.3) is 0 Å². The van der Waals surface area contributed by atoms with Crippen molar-refractivity contribution in [2.24, 2.45) is 5.73 Å². The van der Waals surface area contributed by atoms with Crippen LogP contribution in [0.4, 0.5) is 0 Å². The Labute approximate surface area is 111 Å². The predicted molar refractivity (Wildman–Crippen MR) is 78.7 cm³/mol. The molecule has 2 atom stereocenters. The van der Waals surface area contributed by atoms with E-state index in [-0.39, 0.29) is 5.54 Å². The zero-order chi connectivity index (χ0) is 12.9. The second-order valence-corrected chi connectivity index (χ2v) is 6.95. The second-order valence-electron chi connectivity index (χ2n) is 5.50. The largest absolute Gasteiger partial charge is 0.329 e. The van der Waals surface area contributed by atoms with E-state index in [4.69, 9.17) is 5.73 Å². The Morgan fingerprint density at radius 2 is 2.00 bits per heavy atom. The fraction of sp³-hybridized carbons (Fsp3) is 1.00. The second kappa shape index (κ2) is 6.98. The van der Waals surface area contributed by atoms with Gasteiger partial charge in [-0.3, -0.25) is 4.90 Å². The molecule has 1 saturated heterocycles. The lowest BCUT2D eigenvalue weighted by Gasteiger charge is -2.48. The molecule has 102 valence electrons. The highest BCUT2D eigenvalue weighted by atomic mass is 32.2. The molecule has 0 aliphatic carbocycles. The van der Waals surface area contributed by atoms with Crippen LogP contribution in [0.3, 0.4) is 0 Å². The van der Waals surface area contributed by atoms with Gasteiger partial charge in [0, 0.05) is 17.3 Å². The van der Waals surface area contributed by atoms with Crippen LogP contribution in [-0.4, -0.2) is 67.1 Å². The Kier molecular flexibility index (Phi) is 6.27. The summed E-state index contributed by atoms with van der Waals surface area (Å²) in [6.07, 6.45) is 3.79. The lowest BCUT2D eigenvalue weighted by molar-refractivity contribution is 0.107. The van der Waals surface area contributed by atoms with Gasteiger partial charge >= 0.3 is 0 Å². The topological polar surface area (TPSA) is 32.5 Å². The van der Waals surface area contributed by atoms with Gasteiger partial charge in [-0.2, -0.15) is 11.8 Å². The van der Waals surface area contributed by atoms with Gasteiger partial charge in [0.2, 0.25) is 0 Å². The first-order valence-corrected chi connectivity index (χ1v) is 7.75. The fourth-order valence-electron chi connectivity index (χ4n) is 2.77. The third kappa shape index (κ3) is 3.85. The first-order chi connectivity index (χ1) is 8.03. The van der Waals surface area contributed by atoms with E-state index < -0.39 is 0 Å². The van der Waals surface area contributed by atoms with Gasteiger partial charge in [-0.05, 0) is 59.2 Å². The molecule has 3 nitrogen and oxygen atoms in total. The molecule has 1 rings (SSSR count). The van der Waals surface area contributed by atoms with E-state index in [1.807, 2.05) is 0 Å². The van der Waals surface area contributed by atoms with Crippen LogP contribution in [0.5, 0.6) is 0 Å². The summed E-state index contributed by atoms with van der Waals surface area (Å²) >= 11 is 2.09. The van der Waals surface area contributed by atoms with Crippen molar-refractivity contribution < 1.29 is 0 Å². The highest BCUT2D eigenvalue weighted by Crippen LogP contribution is 2.37. The number of rotatable bonds is 6. The van der Waals surface area contributed by atoms with Crippen LogP contribution in [0.2, 0.25) is 0 Å². The molecule has 0 spiro atoms. The Morgan fingerprint density at radius 1 is 1.29 bits per heavy atom. The molecule has 0 amide bonds. The molecule has 4 heteroatoms. The molecule has 0 saturated carbocycles. The molecular formula is C13H29N3S. The summed E-state index contributed by atoms with van der Waals surface area (Å²) in [5.41, 5.74) is 6.33. The summed E-state index contributed by atoms with van der Waals surface area (Å²) in [6.45, 7) is 5.45. The maximum absolute atomic E-state index is 6.10. The van der Waals surface area contributed by atoms with Crippen molar-refractivity contribution in [3.8, 4) is 0 Å². The van der Waals surface area contributed by atoms with E-state index in [9.17, 15) is 0 Å². The maximum atomic E-state index is 6.10. The zero-order valence-corrected chi connectivity index (χ0v) is 12.7. The normalized spacial score (nSPS) is 30.2. The molecule has 0 aromatic carbocycles. The van der Waals surface area contributed by atoms with Crippen molar-refractivity contribution in [3.63, 3.8) is 0 Å². The van der Waals surface area contributed by atoms with Gasteiger partial charge in [-0.15, -0.1) is 0 Å². The minimum Gasteiger partial charge on any atom is -0.329 e. The average Bonchev–Trinajstić information content (AvgIpc) is 2.29. The van der Waals surface area contributed by atoms with E-state index in [1.165, 1.54) is 25.0 Å². The fourth-order valence-corrected chi connectivity index (χ4v) is 4.14. The third-order valence-electron chi connectivity index (χ3n) is 4.09. The van der Waals surface area contributed by atoms with Crippen molar-refractivity contribution in [1.29, 1.82) is 0 Å². The van der Waals surface area contributed by atoms with Crippen molar-refractivity contribution in [1.82, 2.24) is 9.80 Å². The van der Waals surface area contributed by atoms with Crippen molar-refractivity contribution >= 4 is 11.8 Å². The van der Waals surface area contributed by atoms with Gasteiger partial charge in [0.15, 0.2) is 0 Å². The van der Waals surface area contributed by atoms with Crippen molar-refractivity contribution in [2.45, 2.75) is 37.0 Å². The van der Waals surface area contributed by atoms with E-state index >= 15 is 0 Å². The molecule has 0 radical (unpaired) electrons. The van der Waals surface area contributed by atoms with Gasteiger partial charge < -0.3 is 10.6 Å². The lowest BCUT2D eigenvalue weighted by Crippen LogP contribution is -2.59. The number of thioether (sulfide) groups is 1. The first kappa shape index (κ1) is 15.3. The molecule has 0 aromatic rings. The van der Waals surface area contributed by atoms with Gasteiger partial charge in [-0.25, -0.2) is 0 Å². The number of likely N-dealkylation sites (N-methyl/N-ethyl adjacent to an activating group) is 1. The van der Waals surface area contributed by atoms with E-state index in [0.29, 0.717) is 5.25 Å². The van der Waals surface area contributed by atoms with Gasteiger partial charge in [0.05, 0.1) is 0 Å². The van der Waals surface area contributed by atoms with Crippen LogP contribution in [0.15, 0.2) is 0 Å². The van der Waals surface area contributed by atoms with Crippen LogP contribution in [0, 0.1) is 0 Å². The summed E-state index contributed by atoms with van der Waals surface area (Å²) in [6, 6.07) is 0. The van der Waals surface area contributed by atoms with E-state index in [0.717, 1.165) is 19.6 Å². The van der Waals surface area contributed by atoms with Gasteiger partial charge in [0.1, 0.15) is 0 Å². The Morgan fingerprint density at radius 3 is 2.53 bits per heavy atom. The van der Waals surface area contributed by atoms with Crippen LogP contribution >= 0.6 is 11.8 Å². The summed E-state index contributed by atoms with van der Waals surface area (Å²) in [5.74, 6) is 1.30. The SMILES string of the molecule is CC1SCCCC1(CN)N(C)CCCN(C)C. The standard InChI is InChI=1S/C13H29N3S/c1-12-13(11-14,7-5-10-17-12)16(4)9-6-8-15(2)3/h12H,5-11,14H2,1-4H3. The molecule has 1 aliphatic rings. The molecule has 2 N–H and O–H groups in total. The number of hydrogen-bond acceptors (Lipinski definition) is 4. The first-order valence-electron chi connectivity index (χ1n) is 6.70. The number of hydrogen-bond donors (Lipinski definition) is 1. The molecule has 0 bridgehead atoms. The third-order valence-corrected chi connectivity index (χ3v) is 5.55. The number of nitrogens with zero attached hydrogens (tertiary/aromatic N) is 2. The van der Waals surface area contributed by atoms with Crippen LogP contribution in [0.1, 0.15) is 26.2 Å². The molecule has 1 heterocycles. The molecule has 1 fully saturated rings. The summed E-state index contributed by atoms with van der Waals surface area (Å²) in [4.78, 5) is 4.77. The highest BCUT2D eigenvalue weighted by Gasteiger charge is 2.40. The quantitative estimate of drug-likeness (QED) is 0.783. The number of nitrogens with two attached hydrogens (primary N) is 1. The zero-order valence-electron chi connectivity index (χ0n) is 11.9.